The number of thiocarbonyl (C=S) groups is 1. The van der Waals surface area contributed by atoms with Gasteiger partial charge in [-0.2, -0.15) is 4.99 Å². The zero-order chi connectivity index (χ0) is 22.9. The lowest BCUT2D eigenvalue weighted by molar-refractivity contribution is 0.0224. The largest absolute Gasteiger partial charge is 0.508 e. The van der Waals surface area contributed by atoms with Gasteiger partial charge in [-0.05, 0) is 42.5 Å². The minimum atomic E-state index is -1.30. The molecule has 2 aliphatic rings. The predicted molar refractivity (Wildman–Crippen MR) is 121 cm³/mol. The molecule has 0 saturated carbocycles. The number of ether oxygens (including phenoxy) is 2. The van der Waals surface area contributed by atoms with Crippen LogP contribution in [0.4, 0.5) is 5.69 Å². The maximum atomic E-state index is 12.9. The van der Waals surface area contributed by atoms with Crippen molar-refractivity contribution in [1.82, 2.24) is 0 Å². The number of phenolic OH excluding ortho intramolecular Hbond substituents is 2. The van der Waals surface area contributed by atoms with E-state index in [1.54, 1.807) is 30.3 Å². The van der Waals surface area contributed by atoms with Gasteiger partial charge in [0.15, 0.2) is 5.60 Å². The number of phenols is 2. The molecule has 3 aromatic carbocycles. The summed E-state index contributed by atoms with van der Waals surface area (Å²) in [5.74, 6) is 0.0896. The van der Waals surface area contributed by atoms with E-state index in [1.807, 2.05) is 0 Å². The first-order valence-electron chi connectivity index (χ1n) is 9.66. The lowest BCUT2D eigenvalue weighted by Crippen LogP contribution is -2.32. The summed E-state index contributed by atoms with van der Waals surface area (Å²) in [6.07, 6.45) is 0. The molecule has 5 rings (SSSR count). The van der Waals surface area contributed by atoms with Crippen LogP contribution >= 0.6 is 12.2 Å². The number of carbonyl (C=O) groups is 1. The summed E-state index contributed by atoms with van der Waals surface area (Å²) >= 11 is 4.70. The second-order valence-electron chi connectivity index (χ2n) is 7.01. The number of rotatable bonds is 2. The number of fused-ring (bicyclic) bond motifs is 6. The van der Waals surface area contributed by atoms with Crippen LogP contribution in [0, 0.1) is 0 Å². The number of carbonyl (C=O) groups excluding carboxylic acids is 1. The highest BCUT2D eigenvalue weighted by atomic mass is 32.1. The quantitative estimate of drug-likeness (QED) is 0.265. The number of nitrogens with two attached hydrogens (primary N) is 2. The summed E-state index contributed by atoms with van der Waals surface area (Å²) in [4.78, 5) is 16.9. The van der Waals surface area contributed by atoms with Gasteiger partial charge in [-0.15, -0.1) is 0 Å². The second-order valence-corrected chi connectivity index (χ2v) is 7.20. The van der Waals surface area contributed by atoms with Crippen molar-refractivity contribution in [3.8, 4) is 23.0 Å². The summed E-state index contributed by atoms with van der Waals surface area (Å²) in [5, 5.41) is 22.1. The number of benzene rings is 3. The summed E-state index contributed by atoms with van der Waals surface area (Å²) < 4.78 is 11.9. The number of aromatic hydroxyl groups is 2. The van der Waals surface area contributed by atoms with Gasteiger partial charge in [0.2, 0.25) is 0 Å². The van der Waals surface area contributed by atoms with Gasteiger partial charge in [0.05, 0.1) is 16.4 Å². The molecule has 1 spiro atoms. The van der Waals surface area contributed by atoms with Crippen LogP contribution in [0.2, 0.25) is 0 Å². The number of hydrogen-bond acceptors (Lipinski definition) is 9. The Bertz CT molecular complexity index is 1220. The van der Waals surface area contributed by atoms with E-state index < -0.39 is 11.6 Å². The van der Waals surface area contributed by atoms with Gasteiger partial charge in [0, 0.05) is 41.9 Å². The van der Waals surface area contributed by atoms with Gasteiger partial charge in [0.1, 0.15) is 23.0 Å². The predicted octanol–water partition coefficient (Wildman–Crippen LogP) is 3.30. The van der Waals surface area contributed by atoms with Gasteiger partial charge < -0.3 is 31.2 Å². The van der Waals surface area contributed by atoms with Gasteiger partial charge >= 0.3 is 5.97 Å². The molecule has 32 heavy (non-hydrogen) atoms. The first kappa shape index (κ1) is 21.5. The maximum absolute atomic E-state index is 12.9. The molecule has 0 aromatic heterocycles. The lowest BCUT2D eigenvalue weighted by Gasteiger charge is -2.36. The highest BCUT2D eigenvalue weighted by molar-refractivity contribution is 7.78. The monoisotopic (exact) mass is 449 g/mol. The van der Waals surface area contributed by atoms with Crippen molar-refractivity contribution < 1.29 is 24.5 Å². The van der Waals surface area contributed by atoms with Crippen LogP contribution < -0.4 is 16.2 Å². The molecule has 0 bridgehead atoms. The average Bonchev–Trinajstić information content (AvgIpc) is 3.07. The molecule has 0 radical (unpaired) electrons. The molecular formula is C23H19N3O5S. The Kier molecular flexibility index (Phi) is 5.65. The lowest BCUT2D eigenvalue weighted by atomic mass is 9.77. The van der Waals surface area contributed by atoms with E-state index in [4.69, 9.17) is 33.2 Å². The van der Waals surface area contributed by atoms with Crippen molar-refractivity contribution in [2.75, 3.05) is 13.1 Å². The summed E-state index contributed by atoms with van der Waals surface area (Å²) in [6, 6.07) is 14.4. The van der Waals surface area contributed by atoms with Gasteiger partial charge in [0.25, 0.3) is 0 Å². The first-order valence-corrected chi connectivity index (χ1v) is 10.1. The molecule has 0 fully saturated rings. The smallest absolute Gasteiger partial charge is 0.342 e. The Morgan fingerprint density at radius 1 is 0.938 bits per heavy atom. The van der Waals surface area contributed by atoms with E-state index in [0.717, 1.165) is 0 Å². The van der Waals surface area contributed by atoms with Gasteiger partial charge in [-0.25, -0.2) is 4.79 Å². The number of nitrogens with zero attached hydrogens (tertiary/aromatic N) is 1. The van der Waals surface area contributed by atoms with Gasteiger partial charge in [-0.3, -0.25) is 0 Å². The molecule has 0 saturated heterocycles. The van der Waals surface area contributed by atoms with Crippen LogP contribution in [0.25, 0.3) is 0 Å². The Balaban J connectivity index is 0.000000567. The number of hydrogen-bond donors (Lipinski definition) is 4. The fraction of sp³-hybridized carbons (Fsp3) is 0.130. The molecule has 2 heterocycles. The summed E-state index contributed by atoms with van der Waals surface area (Å²) in [7, 11) is 0. The molecule has 0 atom stereocenters. The molecule has 8 nitrogen and oxygen atoms in total. The third-order valence-electron chi connectivity index (χ3n) is 5.11. The third-order valence-corrected chi connectivity index (χ3v) is 5.20. The highest BCUT2D eigenvalue weighted by Crippen LogP contribution is 2.57. The second kappa shape index (κ2) is 8.41. The number of aliphatic imine (C=N–C) groups is 1. The molecule has 6 N–H and O–H groups in total. The van der Waals surface area contributed by atoms with Crippen molar-refractivity contribution >= 4 is 29.0 Å². The average molecular weight is 449 g/mol. The van der Waals surface area contributed by atoms with Crippen LogP contribution in [-0.2, 0) is 10.3 Å². The van der Waals surface area contributed by atoms with Crippen molar-refractivity contribution in [1.29, 1.82) is 0 Å². The zero-order valence-electron chi connectivity index (χ0n) is 16.7. The minimum absolute atomic E-state index is 0.00103. The maximum Gasteiger partial charge on any atom is 0.342 e. The standard InChI is InChI=1S/C21H11NO5S.C2H8N2/c23-11-4-6-13-17(8-11)26-18-9-12(24)5-7-14(18)21(13)15-2-1-3-16(22-10-28)19(15)20(25)27-21;3-1-2-4/h1-9,23-24H;1-4H2. The summed E-state index contributed by atoms with van der Waals surface area (Å²) in [6.45, 7) is 1.19. The Hall–Kier alpha value is -3.75. The van der Waals surface area contributed by atoms with Crippen molar-refractivity contribution in [2.24, 2.45) is 16.5 Å². The minimum Gasteiger partial charge on any atom is -0.508 e. The molecular weight excluding hydrogens is 430 g/mol. The Labute approximate surface area is 188 Å². The molecule has 2 aliphatic heterocycles. The normalized spacial score (nSPS) is 14.0. The van der Waals surface area contributed by atoms with Crippen LogP contribution in [0.1, 0.15) is 27.0 Å². The summed E-state index contributed by atoms with van der Waals surface area (Å²) in [5.41, 5.74) is 10.8. The number of esters is 1. The molecule has 162 valence electrons. The fourth-order valence-corrected chi connectivity index (χ4v) is 3.97. The Morgan fingerprint density at radius 2 is 1.53 bits per heavy atom. The SMILES string of the molecule is NCCN.O=C1OC2(c3ccc(O)cc3Oc3cc(O)ccc32)c2cccc(N=C=S)c21. The molecule has 9 heteroatoms. The van der Waals surface area contributed by atoms with Crippen LogP contribution in [-0.4, -0.2) is 34.4 Å². The van der Waals surface area contributed by atoms with Crippen LogP contribution in [0.5, 0.6) is 23.0 Å². The van der Waals surface area contributed by atoms with E-state index in [1.165, 1.54) is 24.3 Å². The Morgan fingerprint density at radius 3 is 2.06 bits per heavy atom. The van der Waals surface area contributed by atoms with Crippen LogP contribution in [0.3, 0.4) is 0 Å². The third kappa shape index (κ3) is 3.30. The molecule has 3 aromatic rings. The van der Waals surface area contributed by atoms with Crippen molar-refractivity contribution in [2.45, 2.75) is 5.60 Å². The topological polar surface area (TPSA) is 140 Å². The van der Waals surface area contributed by atoms with E-state index in [-0.39, 0.29) is 11.5 Å². The molecule has 0 unspecified atom stereocenters. The van der Waals surface area contributed by atoms with Crippen molar-refractivity contribution in [3.05, 3.63) is 76.9 Å². The molecule has 0 amide bonds. The van der Waals surface area contributed by atoms with Crippen molar-refractivity contribution in [3.63, 3.8) is 0 Å². The van der Waals surface area contributed by atoms with Gasteiger partial charge in [-0.1, -0.05) is 12.1 Å². The van der Waals surface area contributed by atoms with E-state index >= 15 is 0 Å². The molecule has 0 aliphatic carbocycles. The first-order chi connectivity index (χ1) is 15.5. The van der Waals surface area contributed by atoms with E-state index in [0.29, 0.717) is 52.5 Å². The fourth-order valence-electron chi connectivity index (χ4n) is 3.87. The van der Waals surface area contributed by atoms with Crippen LogP contribution in [0.15, 0.2) is 59.6 Å². The highest BCUT2D eigenvalue weighted by Gasteiger charge is 2.54. The zero-order valence-corrected chi connectivity index (χ0v) is 17.6. The van der Waals surface area contributed by atoms with E-state index in [9.17, 15) is 15.0 Å². The number of isothiocyanates is 1. The van der Waals surface area contributed by atoms with E-state index in [2.05, 4.69) is 10.2 Å².